The van der Waals surface area contributed by atoms with Crippen molar-refractivity contribution in [2.75, 3.05) is 6.54 Å². The fourth-order valence-corrected chi connectivity index (χ4v) is 1.38. The first-order valence-corrected chi connectivity index (χ1v) is 4.67. The minimum absolute atomic E-state index is 0.378. The van der Waals surface area contributed by atoms with E-state index in [0.29, 0.717) is 25.1 Å². The average molecular weight is 198 g/mol. The summed E-state index contributed by atoms with van der Waals surface area (Å²) in [6, 6.07) is 2.79. The van der Waals surface area contributed by atoms with E-state index in [4.69, 9.17) is 5.73 Å². The Morgan fingerprint density at radius 1 is 1.57 bits per heavy atom. The van der Waals surface area contributed by atoms with Crippen molar-refractivity contribution in [2.24, 2.45) is 5.73 Å². The van der Waals surface area contributed by atoms with Gasteiger partial charge in [-0.25, -0.2) is 4.39 Å². The zero-order valence-electron chi connectivity index (χ0n) is 8.20. The molecule has 0 saturated heterocycles. The molecule has 1 unspecified atom stereocenters. The molecule has 0 bridgehead atoms. The molecule has 4 heteroatoms. The molecule has 3 N–H and O–H groups in total. The molecular weight excluding hydrogens is 183 g/mol. The highest BCUT2D eigenvalue weighted by Gasteiger charge is 2.27. The van der Waals surface area contributed by atoms with Crippen molar-refractivity contribution < 1.29 is 9.50 Å². The number of nitrogens with zero attached hydrogens (tertiary/aromatic N) is 1. The number of rotatable bonds is 4. The highest BCUT2D eigenvalue weighted by Crippen LogP contribution is 2.26. The maximum atomic E-state index is 12.6. The third kappa shape index (κ3) is 2.27. The van der Waals surface area contributed by atoms with E-state index in [1.165, 1.54) is 12.1 Å². The van der Waals surface area contributed by atoms with Crippen LogP contribution in [0.4, 0.5) is 4.39 Å². The van der Waals surface area contributed by atoms with E-state index >= 15 is 0 Å². The van der Waals surface area contributed by atoms with Crippen LogP contribution in [-0.2, 0) is 5.60 Å². The van der Waals surface area contributed by atoms with Crippen LogP contribution in [0.1, 0.15) is 25.5 Å². The molecule has 0 aliphatic carbocycles. The lowest BCUT2D eigenvalue weighted by molar-refractivity contribution is 0.0214. The third-order valence-electron chi connectivity index (χ3n) is 2.35. The summed E-state index contributed by atoms with van der Waals surface area (Å²) >= 11 is 0. The molecule has 1 heterocycles. The van der Waals surface area contributed by atoms with Gasteiger partial charge in [0.1, 0.15) is 11.4 Å². The van der Waals surface area contributed by atoms with E-state index in [0.717, 1.165) is 6.20 Å². The smallest absolute Gasteiger partial charge is 0.141 e. The van der Waals surface area contributed by atoms with Gasteiger partial charge in [0.05, 0.1) is 11.9 Å². The molecule has 1 atom stereocenters. The fraction of sp³-hybridized carbons (Fsp3) is 0.500. The second kappa shape index (κ2) is 4.48. The topological polar surface area (TPSA) is 59.1 Å². The molecule has 0 amide bonds. The van der Waals surface area contributed by atoms with Gasteiger partial charge in [0.15, 0.2) is 0 Å². The molecule has 0 fully saturated rings. The Kier molecular flexibility index (Phi) is 3.55. The quantitative estimate of drug-likeness (QED) is 0.763. The van der Waals surface area contributed by atoms with Crippen molar-refractivity contribution in [2.45, 2.75) is 25.4 Å². The lowest BCUT2D eigenvalue weighted by atomic mass is 9.92. The summed E-state index contributed by atoms with van der Waals surface area (Å²) in [5.41, 5.74) is 4.85. The van der Waals surface area contributed by atoms with E-state index in [9.17, 15) is 9.50 Å². The molecule has 0 radical (unpaired) electrons. The number of hydrogen-bond acceptors (Lipinski definition) is 3. The predicted octanol–water partition coefficient (Wildman–Crippen LogP) is 1.17. The van der Waals surface area contributed by atoms with Crippen LogP contribution in [0, 0.1) is 5.82 Å². The van der Waals surface area contributed by atoms with E-state index in [-0.39, 0.29) is 0 Å². The van der Waals surface area contributed by atoms with Crippen molar-refractivity contribution in [3.8, 4) is 0 Å². The summed E-state index contributed by atoms with van der Waals surface area (Å²) in [6.07, 6.45) is 2.05. The molecule has 3 nitrogen and oxygen atoms in total. The summed E-state index contributed by atoms with van der Waals surface area (Å²) in [5, 5.41) is 10.1. The van der Waals surface area contributed by atoms with Crippen LogP contribution in [0.3, 0.4) is 0 Å². The Bertz CT molecular complexity index is 289. The van der Waals surface area contributed by atoms with Crippen LogP contribution in [0.2, 0.25) is 0 Å². The van der Waals surface area contributed by atoms with Crippen molar-refractivity contribution in [1.29, 1.82) is 0 Å². The molecular formula is C10H15FN2O. The summed E-state index contributed by atoms with van der Waals surface area (Å²) < 4.78 is 12.6. The van der Waals surface area contributed by atoms with Gasteiger partial charge in [0.25, 0.3) is 0 Å². The highest BCUT2D eigenvalue weighted by molar-refractivity contribution is 5.13. The fourth-order valence-electron chi connectivity index (χ4n) is 1.38. The molecule has 0 spiro atoms. The average Bonchev–Trinajstić information content (AvgIpc) is 2.19. The van der Waals surface area contributed by atoms with Crippen LogP contribution < -0.4 is 5.73 Å². The number of halogens is 1. The summed E-state index contributed by atoms with van der Waals surface area (Å²) in [4.78, 5) is 3.86. The first-order chi connectivity index (χ1) is 6.62. The minimum Gasteiger partial charge on any atom is -0.384 e. The normalized spacial score (nSPS) is 15.1. The van der Waals surface area contributed by atoms with E-state index in [2.05, 4.69) is 4.98 Å². The SMILES string of the molecule is CCC(O)(CCN)c1ccc(F)cn1. The molecule has 1 aromatic heterocycles. The molecule has 0 aliphatic rings. The van der Waals surface area contributed by atoms with Crippen molar-refractivity contribution in [1.82, 2.24) is 4.98 Å². The first-order valence-electron chi connectivity index (χ1n) is 4.67. The zero-order chi connectivity index (χ0) is 10.6. The van der Waals surface area contributed by atoms with Gasteiger partial charge < -0.3 is 10.8 Å². The number of nitrogens with two attached hydrogens (primary N) is 1. The maximum Gasteiger partial charge on any atom is 0.141 e. The lowest BCUT2D eigenvalue weighted by Crippen LogP contribution is -2.29. The van der Waals surface area contributed by atoms with Crippen LogP contribution in [0.5, 0.6) is 0 Å². The van der Waals surface area contributed by atoms with Crippen LogP contribution >= 0.6 is 0 Å². The lowest BCUT2D eigenvalue weighted by Gasteiger charge is -2.25. The van der Waals surface area contributed by atoms with Crippen LogP contribution in [-0.4, -0.2) is 16.6 Å². The second-order valence-corrected chi connectivity index (χ2v) is 3.29. The van der Waals surface area contributed by atoms with Gasteiger partial charge in [-0.2, -0.15) is 0 Å². The maximum absolute atomic E-state index is 12.6. The molecule has 14 heavy (non-hydrogen) atoms. The second-order valence-electron chi connectivity index (χ2n) is 3.29. The number of aromatic nitrogens is 1. The Morgan fingerprint density at radius 3 is 2.71 bits per heavy atom. The van der Waals surface area contributed by atoms with E-state index < -0.39 is 11.4 Å². The minimum atomic E-state index is -1.03. The third-order valence-corrected chi connectivity index (χ3v) is 2.35. The Hall–Kier alpha value is -1.00. The van der Waals surface area contributed by atoms with Crippen molar-refractivity contribution in [3.63, 3.8) is 0 Å². The van der Waals surface area contributed by atoms with Gasteiger partial charge in [-0.05, 0) is 31.5 Å². The van der Waals surface area contributed by atoms with Crippen molar-refractivity contribution in [3.05, 3.63) is 29.8 Å². The molecule has 1 aromatic rings. The van der Waals surface area contributed by atoms with Gasteiger partial charge in [0.2, 0.25) is 0 Å². The number of hydrogen-bond donors (Lipinski definition) is 2. The van der Waals surface area contributed by atoms with Crippen molar-refractivity contribution >= 4 is 0 Å². The number of pyridine rings is 1. The molecule has 0 aliphatic heterocycles. The summed E-state index contributed by atoms with van der Waals surface area (Å²) in [7, 11) is 0. The number of aliphatic hydroxyl groups is 1. The van der Waals surface area contributed by atoms with Gasteiger partial charge in [0, 0.05) is 0 Å². The summed E-state index contributed by atoms with van der Waals surface area (Å²) in [6.45, 7) is 2.23. The van der Waals surface area contributed by atoms with E-state index in [1.54, 1.807) is 0 Å². The van der Waals surface area contributed by atoms with E-state index in [1.807, 2.05) is 6.92 Å². The predicted molar refractivity (Wildman–Crippen MR) is 52.1 cm³/mol. The largest absolute Gasteiger partial charge is 0.384 e. The van der Waals surface area contributed by atoms with Gasteiger partial charge >= 0.3 is 0 Å². The van der Waals surface area contributed by atoms with Gasteiger partial charge in [-0.15, -0.1) is 0 Å². The standard InChI is InChI=1S/C10H15FN2O/c1-2-10(14,5-6-12)9-4-3-8(11)7-13-9/h3-4,7,14H,2,5-6,12H2,1H3. The first kappa shape index (κ1) is 11.1. The Balaban J connectivity index is 2.94. The van der Waals surface area contributed by atoms with Crippen LogP contribution in [0.25, 0.3) is 0 Å². The zero-order valence-corrected chi connectivity index (χ0v) is 8.20. The van der Waals surface area contributed by atoms with Crippen LogP contribution in [0.15, 0.2) is 18.3 Å². The molecule has 78 valence electrons. The summed E-state index contributed by atoms with van der Waals surface area (Å²) in [5.74, 6) is -0.403. The molecule has 1 rings (SSSR count). The molecule has 0 aromatic carbocycles. The van der Waals surface area contributed by atoms with Gasteiger partial charge in [-0.3, -0.25) is 4.98 Å². The Labute approximate surface area is 82.8 Å². The van der Waals surface area contributed by atoms with Gasteiger partial charge in [-0.1, -0.05) is 6.92 Å². The molecule has 0 saturated carbocycles. The highest BCUT2D eigenvalue weighted by atomic mass is 19.1. The monoisotopic (exact) mass is 198 g/mol. The Morgan fingerprint density at radius 2 is 2.29 bits per heavy atom.